The van der Waals surface area contributed by atoms with E-state index >= 15 is 0 Å². The van der Waals surface area contributed by atoms with Gasteiger partial charge in [-0.25, -0.2) is 9.97 Å². The molecule has 4 aromatic rings. The first-order valence-corrected chi connectivity index (χ1v) is 12.3. The van der Waals surface area contributed by atoms with E-state index < -0.39 is 29.4 Å². The molecule has 0 bridgehead atoms. The number of nitrogens with zero attached hydrogens (tertiary/aromatic N) is 3. The number of halogens is 6. The van der Waals surface area contributed by atoms with Crippen LogP contribution in [0.25, 0.3) is 24.3 Å². The summed E-state index contributed by atoms with van der Waals surface area (Å²) in [6.07, 6.45) is -0.219. The van der Waals surface area contributed by atoms with Crippen LogP contribution in [0.15, 0.2) is 69.9 Å². The third-order valence-electron chi connectivity index (χ3n) is 5.79. The van der Waals surface area contributed by atoms with Crippen molar-refractivity contribution in [3.05, 3.63) is 106 Å². The van der Waals surface area contributed by atoms with Gasteiger partial charge in [-0.05, 0) is 47.5 Å². The first-order chi connectivity index (χ1) is 19.9. The molecule has 0 atom stereocenters. The lowest BCUT2D eigenvalue weighted by molar-refractivity contribution is -0.138. The highest BCUT2D eigenvalue weighted by Gasteiger charge is 2.30. The average Bonchev–Trinajstić information content (AvgIpc) is 3.62. The monoisotopic (exact) mass is 591 g/mol. The Hall–Kier alpha value is -4.65. The van der Waals surface area contributed by atoms with Gasteiger partial charge in [0.1, 0.15) is 18.2 Å². The van der Waals surface area contributed by atoms with Crippen molar-refractivity contribution >= 4 is 30.2 Å². The number of benzene rings is 2. The number of carbonyl (C=O) groups excluding carboxylic acids is 1. The van der Waals surface area contributed by atoms with Crippen molar-refractivity contribution in [2.75, 3.05) is 20.2 Å². The minimum Gasteiger partial charge on any atom is -0.445 e. The lowest BCUT2D eigenvalue weighted by Crippen LogP contribution is -2.30. The topological polar surface area (TPSA) is 81.6 Å². The molecule has 13 heteroatoms. The molecule has 0 N–H and O–H groups in total. The van der Waals surface area contributed by atoms with Gasteiger partial charge in [0, 0.05) is 25.7 Å². The normalized spacial score (nSPS) is 12.5. The average molecular weight is 592 g/mol. The quantitative estimate of drug-likeness (QED) is 0.142. The molecule has 7 nitrogen and oxygen atoms in total. The molecule has 0 saturated heterocycles. The van der Waals surface area contributed by atoms with Crippen LogP contribution in [0.3, 0.4) is 0 Å². The number of likely N-dealkylation sites (N-methyl/N-ethyl adjacent to an activating group) is 1. The van der Waals surface area contributed by atoms with Gasteiger partial charge in [0.05, 0.1) is 24.3 Å². The van der Waals surface area contributed by atoms with Crippen LogP contribution >= 0.6 is 0 Å². The second kappa shape index (κ2) is 12.9. The zero-order chi connectivity index (χ0) is 30.3. The number of amides is 1. The highest BCUT2D eigenvalue weighted by atomic mass is 19.4. The van der Waals surface area contributed by atoms with Crippen molar-refractivity contribution in [3.63, 3.8) is 0 Å². The first-order valence-electron chi connectivity index (χ1n) is 12.3. The molecule has 220 valence electrons. The van der Waals surface area contributed by atoms with Crippen molar-refractivity contribution in [3.8, 4) is 0 Å². The number of hydrogen-bond acceptors (Lipinski definition) is 6. The molecule has 42 heavy (non-hydrogen) atoms. The van der Waals surface area contributed by atoms with Crippen molar-refractivity contribution in [2.24, 2.45) is 0 Å². The van der Waals surface area contributed by atoms with E-state index in [2.05, 4.69) is 9.97 Å². The molecule has 0 unspecified atom stereocenters. The van der Waals surface area contributed by atoms with Crippen LogP contribution in [0.4, 0.5) is 26.3 Å². The molecule has 0 aliphatic heterocycles. The van der Waals surface area contributed by atoms with Gasteiger partial charge >= 0.3 is 12.4 Å². The summed E-state index contributed by atoms with van der Waals surface area (Å²) in [6.45, 7) is 0.494. The van der Waals surface area contributed by atoms with Gasteiger partial charge in [-0.2, -0.15) is 26.3 Å². The Bertz CT molecular complexity index is 1540. The molecule has 0 saturated carbocycles. The molecule has 2 aromatic carbocycles. The van der Waals surface area contributed by atoms with Gasteiger partial charge in [0.2, 0.25) is 11.8 Å². The summed E-state index contributed by atoms with van der Waals surface area (Å²) >= 11 is 0. The Balaban J connectivity index is 1.20. The SMILES string of the molecule is CN(CCOCc1coc(/C=C/c2ccc(C(F)(F)F)cc2)n1)C(=O)c1coc(/C=C/c2ccc(C(F)(F)F)cc2)n1. The van der Waals surface area contributed by atoms with E-state index in [0.717, 1.165) is 24.3 Å². The van der Waals surface area contributed by atoms with Gasteiger partial charge in [-0.1, -0.05) is 24.3 Å². The molecule has 0 spiro atoms. The summed E-state index contributed by atoms with van der Waals surface area (Å²) in [5.74, 6) is -0.0687. The first kappa shape index (κ1) is 30.3. The third kappa shape index (κ3) is 8.43. The maximum Gasteiger partial charge on any atom is 0.416 e. The van der Waals surface area contributed by atoms with E-state index in [4.69, 9.17) is 13.6 Å². The summed E-state index contributed by atoms with van der Waals surface area (Å²) < 4.78 is 92.2. The van der Waals surface area contributed by atoms with Crippen LogP contribution in [0.1, 0.15) is 50.2 Å². The lowest BCUT2D eigenvalue weighted by atomic mass is 10.1. The van der Waals surface area contributed by atoms with E-state index in [9.17, 15) is 31.1 Å². The predicted octanol–water partition coefficient (Wildman–Crippen LogP) is 7.33. The fourth-order valence-electron chi connectivity index (χ4n) is 3.50. The summed E-state index contributed by atoms with van der Waals surface area (Å²) in [4.78, 5) is 22.3. The molecule has 4 rings (SSSR count). The van der Waals surface area contributed by atoms with Crippen LogP contribution in [0.2, 0.25) is 0 Å². The fourth-order valence-corrected chi connectivity index (χ4v) is 3.50. The maximum atomic E-state index is 12.7. The van der Waals surface area contributed by atoms with Gasteiger partial charge in [0.15, 0.2) is 5.69 Å². The second-order valence-corrected chi connectivity index (χ2v) is 8.93. The predicted molar refractivity (Wildman–Crippen MR) is 140 cm³/mol. The minimum atomic E-state index is -4.42. The number of rotatable bonds is 10. The fraction of sp³-hybridized carbons (Fsp3) is 0.207. The van der Waals surface area contributed by atoms with Gasteiger partial charge < -0.3 is 18.5 Å². The number of oxazole rings is 2. The zero-order valence-corrected chi connectivity index (χ0v) is 21.9. The van der Waals surface area contributed by atoms with Crippen LogP contribution in [0, 0.1) is 0 Å². The molecular formula is C29H23F6N3O4. The maximum absolute atomic E-state index is 12.7. The summed E-state index contributed by atoms with van der Waals surface area (Å²) in [5, 5.41) is 0. The molecule has 0 aliphatic rings. The second-order valence-electron chi connectivity index (χ2n) is 8.93. The van der Waals surface area contributed by atoms with E-state index in [1.807, 2.05) is 0 Å². The Morgan fingerprint density at radius 2 is 1.29 bits per heavy atom. The largest absolute Gasteiger partial charge is 0.445 e. The van der Waals surface area contributed by atoms with Crippen LogP contribution in [-0.4, -0.2) is 41.0 Å². The van der Waals surface area contributed by atoms with Crippen molar-refractivity contribution in [1.29, 1.82) is 0 Å². The van der Waals surface area contributed by atoms with Crippen LogP contribution < -0.4 is 0 Å². The molecule has 0 aliphatic carbocycles. The number of hydrogen-bond donors (Lipinski definition) is 0. The van der Waals surface area contributed by atoms with Gasteiger partial charge in [-0.3, -0.25) is 4.79 Å². The number of ether oxygens (including phenoxy) is 1. The van der Waals surface area contributed by atoms with Crippen LogP contribution in [-0.2, 0) is 23.7 Å². The van der Waals surface area contributed by atoms with E-state index in [1.165, 1.54) is 59.9 Å². The van der Waals surface area contributed by atoms with Crippen molar-refractivity contribution < 1.29 is 44.7 Å². The number of alkyl halides is 6. The lowest BCUT2D eigenvalue weighted by Gasteiger charge is -2.15. The van der Waals surface area contributed by atoms with E-state index in [-0.39, 0.29) is 37.2 Å². The Labute approximate surface area is 235 Å². The standard InChI is InChI=1S/C29H23F6N3O4/c1-38(27(39)24-18-42-26(37-24)13-7-20-4-10-22(11-5-20)29(33,34)35)14-15-40-16-23-17-41-25(36-23)12-6-19-2-8-21(9-3-19)28(30,31)32/h2-13,17-18H,14-16H2,1H3/b12-6+,13-7+. The van der Waals surface area contributed by atoms with E-state index in [0.29, 0.717) is 16.8 Å². The highest BCUT2D eigenvalue weighted by molar-refractivity contribution is 5.92. The van der Waals surface area contributed by atoms with E-state index in [1.54, 1.807) is 13.1 Å². The zero-order valence-electron chi connectivity index (χ0n) is 21.9. The van der Waals surface area contributed by atoms with Gasteiger partial charge in [-0.15, -0.1) is 0 Å². The number of aromatic nitrogens is 2. The summed E-state index contributed by atoms with van der Waals surface area (Å²) in [6, 6.07) is 9.20. The smallest absolute Gasteiger partial charge is 0.416 e. The third-order valence-corrected chi connectivity index (χ3v) is 5.79. The van der Waals surface area contributed by atoms with Gasteiger partial charge in [0.25, 0.3) is 5.91 Å². The Morgan fingerprint density at radius 3 is 1.81 bits per heavy atom. The molecular weight excluding hydrogens is 568 g/mol. The summed E-state index contributed by atoms with van der Waals surface area (Å²) in [5.41, 5.74) is 0.0789. The summed E-state index contributed by atoms with van der Waals surface area (Å²) in [7, 11) is 1.55. The van der Waals surface area contributed by atoms with Crippen LogP contribution in [0.5, 0.6) is 0 Å². The molecule has 0 radical (unpaired) electrons. The van der Waals surface area contributed by atoms with Crippen molar-refractivity contribution in [1.82, 2.24) is 14.9 Å². The number of carbonyl (C=O) groups is 1. The molecule has 2 heterocycles. The van der Waals surface area contributed by atoms with Crippen molar-refractivity contribution in [2.45, 2.75) is 19.0 Å². The molecule has 0 fully saturated rings. The Kier molecular flexibility index (Phi) is 9.31. The molecule has 2 aromatic heterocycles. The minimum absolute atomic E-state index is 0.0468. The molecule has 1 amide bonds. The Morgan fingerprint density at radius 1 is 0.786 bits per heavy atom. The highest BCUT2D eigenvalue weighted by Crippen LogP contribution is 2.30.